The molecule has 1 fully saturated rings. The highest BCUT2D eigenvalue weighted by Gasteiger charge is 2.15. The summed E-state index contributed by atoms with van der Waals surface area (Å²) >= 11 is 3.43. The molecule has 0 unspecified atom stereocenters. The summed E-state index contributed by atoms with van der Waals surface area (Å²) in [4.78, 5) is 0. The fourth-order valence-electron chi connectivity index (χ4n) is 1.76. The summed E-state index contributed by atoms with van der Waals surface area (Å²) in [5.74, 6) is 1.42. The molecular weight excluding hydrogens is 270 g/mol. The third-order valence-corrected chi connectivity index (χ3v) is 3.66. The quantitative estimate of drug-likeness (QED) is 0.869. The van der Waals surface area contributed by atoms with Gasteiger partial charge in [0.15, 0.2) is 0 Å². The average Bonchev–Trinajstić information content (AvgIpc) is 2.32. The van der Waals surface area contributed by atoms with E-state index in [4.69, 9.17) is 15.2 Å². The number of ether oxygens (including phenoxy) is 2. The Morgan fingerprint density at radius 1 is 1.38 bits per heavy atom. The van der Waals surface area contributed by atoms with E-state index >= 15 is 0 Å². The highest BCUT2D eigenvalue weighted by atomic mass is 79.9. The van der Waals surface area contributed by atoms with Crippen molar-refractivity contribution in [2.24, 2.45) is 5.92 Å². The van der Waals surface area contributed by atoms with Gasteiger partial charge in [0, 0.05) is 18.9 Å². The van der Waals surface area contributed by atoms with Crippen LogP contribution in [0.25, 0.3) is 0 Å². The molecule has 0 atom stereocenters. The largest absolute Gasteiger partial charge is 0.492 e. The molecule has 1 aliphatic heterocycles. The van der Waals surface area contributed by atoms with Crippen LogP contribution in [-0.4, -0.2) is 19.8 Å². The Labute approximate surface area is 104 Å². The number of hydrogen-bond acceptors (Lipinski definition) is 3. The number of halogens is 1. The van der Waals surface area contributed by atoms with Gasteiger partial charge in [-0.1, -0.05) is 6.07 Å². The molecule has 4 heteroatoms. The smallest absolute Gasteiger partial charge is 0.135 e. The Morgan fingerprint density at radius 3 is 2.88 bits per heavy atom. The second-order valence-corrected chi connectivity index (χ2v) is 4.82. The number of nitrogen functional groups attached to an aromatic ring is 1. The van der Waals surface area contributed by atoms with Crippen LogP contribution in [0.15, 0.2) is 22.7 Å². The van der Waals surface area contributed by atoms with Crippen LogP contribution < -0.4 is 10.5 Å². The Balaban J connectivity index is 1.91. The fraction of sp³-hybridized carbons (Fsp3) is 0.500. The molecule has 1 saturated heterocycles. The van der Waals surface area contributed by atoms with Crippen LogP contribution in [0.1, 0.15) is 12.8 Å². The summed E-state index contributed by atoms with van der Waals surface area (Å²) < 4.78 is 11.9. The molecule has 3 nitrogen and oxygen atoms in total. The van der Waals surface area contributed by atoms with Crippen molar-refractivity contribution >= 4 is 21.6 Å². The number of rotatable bonds is 3. The molecule has 88 valence electrons. The summed E-state index contributed by atoms with van der Waals surface area (Å²) in [5, 5.41) is 0. The van der Waals surface area contributed by atoms with Gasteiger partial charge < -0.3 is 15.2 Å². The van der Waals surface area contributed by atoms with Crippen LogP contribution in [0.3, 0.4) is 0 Å². The van der Waals surface area contributed by atoms with Crippen molar-refractivity contribution in [2.45, 2.75) is 12.8 Å². The van der Waals surface area contributed by atoms with Gasteiger partial charge in [-0.3, -0.25) is 0 Å². The van der Waals surface area contributed by atoms with Gasteiger partial charge in [-0.2, -0.15) is 0 Å². The molecule has 1 aromatic carbocycles. The zero-order valence-electron chi connectivity index (χ0n) is 9.12. The second kappa shape index (κ2) is 5.55. The first-order valence-electron chi connectivity index (χ1n) is 5.52. The standard InChI is InChI=1S/C12H16BrNO2/c13-12-10(14)2-1-3-11(12)16-8-9-4-6-15-7-5-9/h1-3,9H,4-8,14H2. The van der Waals surface area contributed by atoms with Crippen LogP contribution in [0.2, 0.25) is 0 Å². The van der Waals surface area contributed by atoms with E-state index < -0.39 is 0 Å². The van der Waals surface area contributed by atoms with Crippen LogP contribution in [0.5, 0.6) is 5.75 Å². The van der Waals surface area contributed by atoms with Gasteiger partial charge in [-0.05, 0) is 46.8 Å². The number of nitrogens with two attached hydrogens (primary N) is 1. The second-order valence-electron chi connectivity index (χ2n) is 4.03. The summed E-state index contributed by atoms with van der Waals surface area (Å²) in [5.41, 5.74) is 6.49. The lowest BCUT2D eigenvalue weighted by Gasteiger charge is -2.22. The summed E-state index contributed by atoms with van der Waals surface area (Å²) in [6, 6.07) is 5.69. The van der Waals surface area contributed by atoms with Gasteiger partial charge in [0.05, 0.1) is 11.1 Å². The maximum Gasteiger partial charge on any atom is 0.135 e. The van der Waals surface area contributed by atoms with E-state index in [0.29, 0.717) is 11.6 Å². The van der Waals surface area contributed by atoms with E-state index in [-0.39, 0.29) is 0 Å². The molecule has 0 amide bonds. The van der Waals surface area contributed by atoms with E-state index in [9.17, 15) is 0 Å². The molecule has 1 heterocycles. The van der Waals surface area contributed by atoms with Gasteiger partial charge in [0.2, 0.25) is 0 Å². The lowest BCUT2D eigenvalue weighted by Crippen LogP contribution is -2.21. The fourth-order valence-corrected chi connectivity index (χ4v) is 2.14. The Hall–Kier alpha value is -0.740. The summed E-state index contributed by atoms with van der Waals surface area (Å²) in [7, 11) is 0. The van der Waals surface area contributed by atoms with Crippen molar-refractivity contribution in [2.75, 3.05) is 25.6 Å². The van der Waals surface area contributed by atoms with E-state index in [1.165, 1.54) is 0 Å². The van der Waals surface area contributed by atoms with Crippen molar-refractivity contribution in [3.8, 4) is 5.75 Å². The van der Waals surface area contributed by atoms with Crippen LogP contribution in [0, 0.1) is 5.92 Å². The van der Waals surface area contributed by atoms with Crippen molar-refractivity contribution in [3.05, 3.63) is 22.7 Å². The third-order valence-electron chi connectivity index (χ3n) is 2.81. The minimum atomic E-state index is 0.599. The maximum atomic E-state index is 5.78. The molecule has 0 saturated carbocycles. The predicted octanol–water partition coefficient (Wildman–Crippen LogP) is 2.84. The monoisotopic (exact) mass is 285 g/mol. The summed E-state index contributed by atoms with van der Waals surface area (Å²) in [6.07, 6.45) is 2.17. The predicted molar refractivity (Wildman–Crippen MR) is 67.6 cm³/mol. The Bertz CT molecular complexity index is 351. The van der Waals surface area contributed by atoms with Crippen molar-refractivity contribution in [1.82, 2.24) is 0 Å². The topological polar surface area (TPSA) is 44.5 Å². The average molecular weight is 286 g/mol. The van der Waals surface area contributed by atoms with E-state index in [2.05, 4.69) is 15.9 Å². The molecular formula is C12H16BrNO2. The summed E-state index contributed by atoms with van der Waals surface area (Å²) in [6.45, 7) is 2.45. The molecule has 0 aliphatic carbocycles. The van der Waals surface area contributed by atoms with Crippen LogP contribution in [0.4, 0.5) is 5.69 Å². The number of hydrogen-bond donors (Lipinski definition) is 1. The van der Waals surface area contributed by atoms with Crippen molar-refractivity contribution < 1.29 is 9.47 Å². The van der Waals surface area contributed by atoms with Gasteiger partial charge in [0.1, 0.15) is 5.75 Å². The Kier molecular flexibility index (Phi) is 4.07. The van der Waals surface area contributed by atoms with Crippen molar-refractivity contribution in [1.29, 1.82) is 0 Å². The molecule has 1 aromatic rings. The van der Waals surface area contributed by atoms with Gasteiger partial charge in [-0.15, -0.1) is 0 Å². The van der Waals surface area contributed by atoms with Gasteiger partial charge in [0.25, 0.3) is 0 Å². The lowest BCUT2D eigenvalue weighted by atomic mass is 10.0. The van der Waals surface area contributed by atoms with Crippen LogP contribution >= 0.6 is 15.9 Å². The minimum absolute atomic E-state index is 0.599. The van der Waals surface area contributed by atoms with Gasteiger partial charge in [-0.25, -0.2) is 0 Å². The highest BCUT2D eigenvalue weighted by Crippen LogP contribution is 2.31. The molecule has 0 radical (unpaired) electrons. The molecule has 2 N–H and O–H groups in total. The van der Waals surface area contributed by atoms with E-state index in [0.717, 1.165) is 42.9 Å². The maximum absolute atomic E-state index is 5.78. The van der Waals surface area contributed by atoms with Crippen LogP contribution in [-0.2, 0) is 4.74 Å². The third kappa shape index (κ3) is 2.89. The SMILES string of the molecule is Nc1cccc(OCC2CCOCC2)c1Br. The first kappa shape index (κ1) is 11.7. The minimum Gasteiger partial charge on any atom is -0.492 e. The Morgan fingerprint density at radius 2 is 2.12 bits per heavy atom. The van der Waals surface area contributed by atoms with E-state index in [1.54, 1.807) is 0 Å². The molecule has 0 aromatic heterocycles. The zero-order valence-corrected chi connectivity index (χ0v) is 10.7. The lowest BCUT2D eigenvalue weighted by molar-refractivity contribution is 0.0496. The normalized spacial score (nSPS) is 17.3. The molecule has 16 heavy (non-hydrogen) atoms. The number of anilines is 1. The van der Waals surface area contributed by atoms with E-state index in [1.807, 2.05) is 18.2 Å². The first-order valence-corrected chi connectivity index (χ1v) is 6.31. The first-order chi connectivity index (χ1) is 7.77. The highest BCUT2D eigenvalue weighted by molar-refractivity contribution is 9.10. The molecule has 0 spiro atoms. The zero-order chi connectivity index (χ0) is 11.4. The van der Waals surface area contributed by atoms with Gasteiger partial charge >= 0.3 is 0 Å². The number of benzene rings is 1. The molecule has 1 aliphatic rings. The van der Waals surface area contributed by atoms with Crippen molar-refractivity contribution in [3.63, 3.8) is 0 Å². The molecule has 0 bridgehead atoms. The molecule has 2 rings (SSSR count).